The summed E-state index contributed by atoms with van der Waals surface area (Å²) < 4.78 is 0. The summed E-state index contributed by atoms with van der Waals surface area (Å²) in [5.74, 6) is 0.117. The normalized spacial score (nSPS) is 15.2. The zero-order chi connectivity index (χ0) is 10.5. The SMILES string of the molecule is O=C(Cc1ccsc1)NCCNC1CC1. The molecule has 4 heteroatoms. The fourth-order valence-corrected chi connectivity index (χ4v) is 2.08. The lowest BCUT2D eigenvalue weighted by molar-refractivity contribution is -0.120. The van der Waals surface area contributed by atoms with Gasteiger partial charge in [-0.1, -0.05) is 0 Å². The summed E-state index contributed by atoms with van der Waals surface area (Å²) in [6, 6.07) is 2.71. The molecule has 1 heterocycles. The molecule has 3 nitrogen and oxygen atoms in total. The van der Waals surface area contributed by atoms with Gasteiger partial charge in [-0.2, -0.15) is 11.3 Å². The van der Waals surface area contributed by atoms with Crippen LogP contribution >= 0.6 is 11.3 Å². The molecule has 1 aromatic rings. The van der Waals surface area contributed by atoms with Gasteiger partial charge in [0.2, 0.25) is 5.91 Å². The van der Waals surface area contributed by atoms with Gasteiger partial charge in [0, 0.05) is 19.1 Å². The van der Waals surface area contributed by atoms with E-state index in [1.165, 1.54) is 12.8 Å². The first kappa shape index (κ1) is 10.6. The average Bonchev–Trinajstić information content (AvgIpc) is 2.91. The van der Waals surface area contributed by atoms with Crippen molar-refractivity contribution in [3.05, 3.63) is 22.4 Å². The Hall–Kier alpha value is -0.870. The van der Waals surface area contributed by atoms with Crippen LogP contribution in [0.5, 0.6) is 0 Å². The highest BCUT2D eigenvalue weighted by Crippen LogP contribution is 2.17. The van der Waals surface area contributed by atoms with Crippen molar-refractivity contribution in [2.45, 2.75) is 25.3 Å². The van der Waals surface area contributed by atoms with E-state index in [9.17, 15) is 4.79 Å². The number of amides is 1. The highest BCUT2D eigenvalue weighted by Gasteiger charge is 2.19. The molecule has 0 spiro atoms. The van der Waals surface area contributed by atoms with Crippen LogP contribution in [0, 0.1) is 0 Å². The number of hydrogen-bond acceptors (Lipinski definition) is 3. The summed E-state index contributed by atoms with van der Waals surface area (Å²) in [5, 5.41) is 10.3. The third kappa shape index (κ3) is 4.01. The Kier molecular flexibility index (Phi) is 3.75. The Bertz CT molecular complexity index is 306. The highest BCUT2D eigenvalue weighted by atomic mass is 32.1. The van der Waals surface area contributed by atoms with Crippen molar-refractivity contribution >= 4 is 17.2 Å². The number of nitrogens with one attached hydrogen (secondary N) is 2. The molecule has 82 valence electrons. The lowest BCUT2D eigenvalue weighted by Gasteiger charge is -2.04. The van der Waals surface area contributed by atoms with Crippen LogP contribution in [0.3, 0.4) is 0 Å². The van der Waals surface area contributed by atoms with Crippen LogP contribution in [0.15, 0.2) is 16.8 Å². The van der Waals surface area contributed by atoms with Gasteiger partial charge >= 0.3 is 0 Å². The Morgan fingerprint density at radius 1 is 1.47 bits per heavy atom. The number of rotatable bonds is 6. The minimum absolute atomic E-state index is 0.117. The number of hydrogen-bond donors (Lipinski definition) is 2. The van der Waals surface area contributed by atoms with Crippen LogP contribution in [0.4, 0.5) is 0 Å². The first-order valence-electron chi connectivity index (χ1n) is 5.36. The molecular weight excluding hydrogens is 208 g/mol. The smallest absolute Gasteiger partial charge is 0.224 e. The molecule has 0 unspecified atom stereocenters. The van der Waals surface area contributed by atoms with E-state index in [4.69, 9.17) is 0 Å². The fourth-order valence-electron chi connectivity index (χ4n) is 1.41. The van der Waals surface area contributed by atoms with Gasteiger partial charge in [0.1, 0.15) is 0 Å². The van der Waals surface area contributed by atoms with E-state index < -0.39 is 0 Å². The fraction of sp³-hybridized carbons (Fsp3) is 0.545. The largest absolute Gasteiger partial charge is 0.355 e. The summed E-state index contributed by atoms with van der Waals surface area (Å²) in [7, 11) is 0. The maximum Gasteiger partial charge on any atom is 0.224 e. The molecule has 2 rings (SSSR count). The molecule has 2 N–H and O–H groups in total. The topological polar surface area (TPSA) is 41.1 Å². The highest BCUT2D eigenvalue weighted by molar-refractivity contribution is 7.07. The molecular formula is C11H16N2OS. The summed E-state index contributed by atoms with van der Waals surface area (Å²) >= 11 is 1.63. The summed E-state index contributed by atoms with van der Waals surface area (Å²) in [6.45, 7) is 1.62. The van der Waals surface area contributed by atoms with E-state index in [-0.39, 0.29) is 5.91 Å². The van der Waals surface area contributed by atoms with E-state index in [1.807, 2.05) is 16.8 Å². The lowest BCUT2D eigenvalue weighted by atomic mass is 10.2. The Morgan fingerprint density at radius 3 is 3.00 bits per heavy atom. The lowest BCUT2D eigenvalue weighted by Crippen LogP contribution is -2.33. The third-order valence-electron chi connectivity index (χ3n) is 2.40. The summed E-state index contributed by atoms with van der Waals surface area (Å²) in [4.78, 5) is 11.4. The minimum Gasteiger partial charge on any atom is -0.355 e. The van der Waals surface area contributed by atoms with Gasteiger partial charge in [0.05, 0.1) is 6.42 Å². The maximum atomic E-state index is 11.4. The molecule has 0 aromatic carbocycles. The molecule has 0 radical (unpaired) electrons. The van der Waals surface area contributed by atoms with Crippen molar-refractivity contribution in [2.24, 2.45) is 0 Å². The first-order chi connectivity index (χ1) is 7.34. The second-order valence-corrected chi connectivity index (χ2v) is 4.67. The second kappa shape index (κ2) is 5.28. The second-order valence-electron chi connectivity index (χ2n) is 3.89. The van der Waals surface area contributed by atoms with Crippen molar-refractivity contribution in [1.29, 1.82) is 0 Å². The molecule has 1 aliphatic rings. The average molecular weight is 224 g/mol. The van der Waals surface area contributed by atoms with Crippen LogP contribution in [0.25, 0.3) is 0 Å². The third-order valence-corrected chi connectivity index (χ3v) is 3.13. The molecule has 0 bridgehead atoms. The monoisotopic (exact) mass is 224 g/mol. The maximum absolute atomic E-state index is 11.4. The van der Waals surface area contributed by atoms with E-state index in [0.717, 1.165) is 24.7 Å². The zero-order valence-corrected chi connectivity index (χ0v) is 9.48. The van der Waals surface area contributed by atoms with Gasteiger partial charge in [0.25, 0.3) is 0 Å². The van der Waals surface area contributed by atoms with Gasteiger partial charge < -0.3 is 10.6 Å². The number of thiophene rings is 1. The van der Waals surface area contributed by atoms with Crippen LogP contribution in [-0.2, 0) is 11.2 Å². The predicted octanol–water partition coefficient (Wildman–Crippen LogP) is 1.16. The zero-order valence-electron chi connectivity index (χ0n) is 8.66. The van der Waals surface area contributed by atoms with Crippen LogP contribution < -0.4 is 10.6 Å². The molecule has 0 saturated heterocycles. The molecule has 0 aliphatic heterocycles. The van der Waals surface area contributed by atoms with E-state index >= 15 is 0 Å². The number of carbonyl (C=O) groups is 1. The summed E-state index contributed by atoms with van der Waals surface area (Å²) in [6.07, 6.45) is 3.10. The van der Waals surface area contributed by atoms with E-state index in [0.29, 0.717) is 6.42 Å². The van der Waals surface area contributed by atoms with Crippen LogP contribution in [-0.4, -0.2) is 25.0 Å². The Labute approximate surface area is 93.9 Å². The van der Waals surface area contributed by atoms with E-state index in [2.05, 4.69) is 10.6 Å². The van der Waals surface area contributed by atoms with Gasteiger partial charge in [0.15, 0.2) is 0 Å². The van der Waals surface area contributed by atoms with Gasteiger partial charge in [-0.25, -0.2) is 0 Å². The van der Waals surface area contributed by atoms with Crippen LogP contribution in [0.1, 0.15) is 18.4 Å². The molecule has 1 fully saturated rings. The molecule has 1 aliphatic carbocycles. The minimum atomic E-state index is 0.117. The Balaban J connectivity index is 1.55. The quantitative estimate of drug-likeness (QED) is 0.712. The van der Waals surface area contributed by atoms with E-state index in [1.54, 1.807) is 11.3 Å². The molecule has 1 amide bonds. The molecule has 1 saturated carbocycles. The van der Waals surface area contributed by atoms with Crippen molar-refractivity contribution in [2.75, 3.05) is 13.1 Å². The first-order valence-corrected chi connectivity index (χ1v) is 6.30. The van der Waals surface area contributed by atoms with Crippen molar-refractivity contribution in [1.82, 2.24) is 10.6 Å². The van der Waals surface area contributed by atoms with Gasteiger partial charge in [-0.3, -0.25) is 4.79 Å². The molecule has 1 aromatic heterocycles. The van der Waals surface area contributed by atoms with Gasteiger partial charge in [-0.15, -0.1) is 0 Å². The summed E-state index contributed by atoms with van der Waals surface area (Å²) in [5.41, 5.74) is 1.10. The standard InChI is InChI=1S/C11H16N2OS/c14-11(7-9-3-6-15-8-9)13-5-4-12-10-1-2-10/h3,6,8,10,12H,1-2,4-5,7H2,(H,13,14). The molecule has 0 atom stereocenters. The Morgan fingerprint density at radius 2 is 2.33 bits per heavy atom. The molecule has 15 heavy (non-hydrogen) atoms. The number of carbonyl (C=O) groups excluding carboxylic acids is 1. The predicted molar refractivity (Wildman–Crippen MR) is 62.1 cm³/mol. The van der Waals surface area contributed by atoms with Gasteiger partial charge in [-0.05, 0) is 35.2 Å². The van der Waals surface area contributed by atoms with Crippen molar-refractivity contribution < 1.29 is 4.79 Å². The van der Waals surface area contributed by atoms with Crippen molar-refractivity contribution in [3.63, 3.8) is 0 Å². The van der Waals surface area contributed by atoms with Crippen LogP contribution in [0.2, 0.25) is 0 Å². The van der Waals surface area contributed by atoms with Crippen molar-refractivity contribution in [3.8, 4) is 0 Å².